The van der Waals surface area contributed by atoms with Crippen LogP contribution in [-0.2, 0) is 9.84 Å². The molecule has 0 radical (unpaired) electrons. The van der Waals surface area contributed by atoms with Crippen molar-refractivity contribution in [2.45, 2.75) is 52.2 Å². The summed E-state index contributed by atoms with van der Waals surface area (Å²) in [6, 6.07) is 0.0831. The zero-order valence-corrected chi connectivity index (χ0v) is 13.7. The van der Waals surface area contributed by atoms with Crippen LogP contribution in [0.2, 0.25) is 0 Å². The molecule has 0 aliphatic heterocycles. The van der Waals surface area contributed by atoms with Gasteiger partial charge in [-0.2, -0.15) is 0 Å². The third-order valence-electron chi connectivity index (χ3n) is 4.39. The number of hydrogen-bond acceptors (Lipinski definition) is 4. The molecule has 4 nitrogen and oxygen atoms in total. The molecule has 0 bridgehead atoms. The summed E-state index contributed by atoms with van der Waals surface area (Å²) in [4.78, 5) is 2.02. The number of sulfone groups is 1. The van der Waals surface area contributed by atoms with Gasteiger partial charge in [-0.1, -0.05) is 20.8 Å². The van der Waals surface area contributed by atoms with Crippen LogP contribution < -0.4 is 0 Å². The summed E-state index contributed by atoms with van der Waals surface area (Å²) in [5.41, 5.74) is 0.246. The molecule has 3 atom stereocenters. The largest absolute Gasteiger partial charge is 0.391 e. The number of aliphatic hydroxyl groups excluding tert-OH is 1. The van der Waals surface area contributed by atoms with Gasteiger partial charge in [0.25, 0.3) is 0 Å². The van der Waals surface area contributed by atoms with E-state index in [9.17, 15) is 13.5 Å². The lowest BCUT2D eigenvalue weighted by molar-refractivity contribution is -0.00554. The first-order valence-corrected chi connectivity index (χ1v) is 9.13. The summed E-state index contributed by atoms with van der Waals surface area (Å²) in [6.45, 7) is 7.21. The summed E-state index contributed by atoms with van der Waals surface area (Å²) in [5.74, 6) is 0.744. The SMILES string of the molecule is CN(CCS(C)(=O)=O)C1CC(C(C)(C)C)CCC1O. The lowest BCUT2D eigenvalue weighted by Crippen LogP contribution is -2.48. The van der Waals surface area contributed by atoms with Crippen LogP contribution in [0.5, 0.6) is 0 Å². The third kappa shape index (κ3) is 5.40. The van der Waals surface area contributed by atoms with Crippen LogP contribution in [-0.4, -0.2) is 56.2 Å². The van der Waals surface area contributed by atoms with E-state index in [1.165, 1.54) is 6.26 Å². The summed E-state index contributed by atoms with van der Waals surface area (Å²) < 4.78 is 22.5. The molecule has 114 valence electrons. The molecule has 0 saturated heterocycles. The fraction of sp³-hybridized carbons (Fsp3) is 1.00. The van der Waals surface area contributed by atoms with Gasteiger partial charge in [0.15, 0.2) is 0 Å². The first-order valence-electron chi connectivity index (χ1n) is 7.07. The summed E-state index contributed by atoms with van der Waals surface area (Å²) >= 11 is 0. The molecule has 1 aliphatic rings. The maximum atomic E-state index is 11.2. The normalized spacial score (nSPS) is 29.7. The standard InChI is InChI=1S/C14H29NO3S/c1-14(2,3)11-6-7-13(16)12(10-11)15(4)8-9-19(5,17)18/h11-13,16H,6-10H2,1-5H3. The molecule has 3 unspecified atom stereocenters. The molecule has 0 heterocycles. The molecule has 1 rings (SSSR count). The highest BCUT2D eigenvalue weighted by Gasteiger charge is 2.36. The smallest absolute Gasteiger partial charge is 0.148 e. The van der Waals surface area contributed by atoms with Crippen molar-refractivity contribution in [3.8, 4) is 0 Å². The molecular formula is C14H29NO3S. The van der Waals surface area contributed by atoms with Crippen LogP contribution in [0.1, 0.15) is 40.0 Å². The van der Waals surface area contributed by atoms with Crippen molar-refractivity contribution in [2.24, 2.45) is 11.3 Å². The van der Waals surface area contributed by atoms with Crippen molar-refractivity contribution in [3.63, 3.8) is 0 Å². The quantitative estimate of drug-likeness (QED) is 0.853. The minimum Gasteiger partial charge on any atom is -0.391 e. The summed E-state index contributed by atoms with van der Waals surface area (Å²) in [7, 11) is -1.02. The molecule has 0 aromatic rings. The summed E-state index contributed by atoms with van der Waals surface area (Å²) in [6.07, 6.45) is 3.75. The van der Waals surface area contributed by atoms with Crippen molar-refractivity contribution < 1.29 is 13.5 Å². The Morgan fingerprint density at radius 1 is 1.26 bits per heavy atom. The van der Waals surface area contributed by atoms with Gasteiger partial charge in [-0.3, -0.25) is 4.90 Å². The first-order chi connectivity index (χ1) is 8.50. The van der Waals surface area contributed by atoms with E-state index in [2.05, 4.69) is 20.8 Å². The van der Waals surface area contributed by atoms with Gasteiger partial charge in [0.1, 0.15) is 9.84 Å². The molecule has 1 saturated carbocycles. The average molecular weight is 291 g/mol. The van der Waals surface area contributed by atoms with E-state index in [0.29, 0.717) is 12.5 Å². The minimum absolute atomic E-state index is 0.0831. The Kier molecular flexibility index (Phi) is 5.43. The van der Waals surface area contributed by atoms with Gasteiger partial charge in [0, 0.05) is 18.8 Å². The van der Waals surface area contributed by atoms with Crippen molar-refractivity contribution in [1.29, 1.82) is 0 Å². The van der Waals surface area contributed by atoms with Crippen LogP contribution >= 0.6 is 0 Å². The van der Waals surface area contributed by atoms with Crippen molar-refractivity contribution in [3.05, 3.63) is 0 Å². The molecule has 19 heavy (non-hydrogen) atoms. The number of rotatable bonds is 4. The fourth-order valence-electron chi connectivity index (χ4n) is 2.87. The van der Waals surface area contributed by atoms with Crippen LogP contribution in [0.3, 0.4) is 0 Å². The lowest BCUT2D eigenvalue weighted by atomic mass is 9.70. The van der Waals surface area contributed by atoms with Crippen molar-refractivity contribution in [2.75, 3.05) is 25.6 Å². The number of aliphatic hydroxyl groups is 1. The fourth-order valence-corrected chi connectivity index (χ4v) is 3.49. The first kappa shape index (κ1) is 16.9. The zero-order valence-electron chi connectivity index (χ0n) is 12.9. The Morgan fingerprint density at radius 3 is 2.32 bits per heavy atom. The van der Waals surface area contributed by atoms with Gasteiger partial charge in [-0.05, 0) is 37.6 Å². The Labute approximate surface area is 118 Å². The van der Waals surface area contributed by atoms with Gasteiger partial charge in [0.2, 0.25) is 0 Å². The predicted molar refractivity (Wildman–Crippen MR) is 78.9 cm³/mol. The number of hydrogen-bond donors (Lipinski definition) is 1. The molecule has 5 heteroatoms. The molecule has 1 aliphatic carbocycles. The predicted octanol–water partition coefficient (Wildman–Crippen LogP) is 1.54. The Bertz CT molecular complexity index is 386. The average Bonchev–Trinajstić information content (AvgIpc) is 2.24. The van der Waals surface area contributed by atoms with E-state index >= 15 is 0 Å². The molecule has 1 N–H and O–H groups in total. The molecule has 0 aromatic heterocycles. The van der Waals surface area contributed by atoms with E-state index in [1.54, 1.807) is 0 Å². The molecular weight excluding hydrogens is 262 g/mol. The van der Waals surface area contributed by atoms with Gasteiger partial charge in [0.05, 0.1) is 11.9 Å². The van der Waals surface area contributed by atoms with Gasteiger partial charge in [-0.25, -0.2) is 8.42 Å². The second kappa shape index (κ2) is 6.10. The van der Waals surface area contributed by atoms with Crippen LogP contribution in [0.25, 0.3) is 0 Å². The van der Waals surface area contributed by atoms with E-state index in [1.807, 2.05) is 11.9 Å². The monoisotopic (exact) mass is 291 g/mol. The van der Waals surface area contributed by atoms with E-state index in [0.717, 1.165) is 19.3 Å². The second-order valence-corrected chi connectivity index (χ2v) is 9.38. The maximum absolute atomic E-state index is 11.2. The number of nitrogens with zero attached hydrogens (tertiary/aromatic N) is 1. The number of likely N-dealkylation sites (N-methyl/N-ethyl adjacent to an activating group) is 1. The van der Waals surface area contributed by atoms with Gasteiger partial charge in [-0.15, -0.1) is 0 Å². The third-order valence-corrected chi connectivity index (χ3v) is 5.31. The highest BCUT2D eigenvalue weighted by molar-refractivity contribution is 7.90. The molecule has 0 spiro atoms. The topological polar surface area (TPSA) is 57.6 Å². The Hall–Kier alpha value is -0.130. The highest BCUT2D eigenvalue weighted by Crippen LogP contribution is 2.39. The Balaban J connectivity index is 2.63. The second-order valence-electron chi connectivity index (χ2n) is 7.12. The van der Waals surface area contributed by atoms with E-state index < -0.39 is 9.84 Å². The van der Waals surface area contributed by atoms with Gasteiger partial charge >= 0.3 is 0 Å². The minimum atomic E-state index is -2.94. The molecule has 0 aromatic carbocycles. The molecule has 1 fully saturated rings. The lowest BCUT2D eigenvalue weighted by Gasteiger charge is -2.43. The van der Waals surface area contributed by atoms with E-state index in [4.69, 9.17) is 0 Å². The van der Waals surface area contributed by atoms with Crippen LogP contribution in [0.15, 0.2) is 0 Å². The van der Waals surface area contributed by atoms with Crippen LogP contribution in [0, 0.1) is 11.3 Å². The van der Waals surface area contributed by atoms with Crippen molar-refractivity contribution in [1.82, 2.24) is 4.90 Å². The van der Waals surface area contributed by atoms with Crippen molar-refractivity contribution >= 4 is 9.84 Å². The Morgan fingerprint density at radius 2 is 1.84 bits per heavy atom. The van der Waals surface area contributed by atoms with E-state index in [-0.39, 0.29) is 23.3 Å². The summed E-state index contributed by atoms with van der Waals surface area (Å²) in [5, 5.41) is 10.2. The highest BCUT2D eigenvalue weighted by atomic mass is 32.2. The van der Waals surface area contributed by atoms with Crippen LogP contribution in [0.4, 0.5) is 0 Å². The zero-order chi connectivity index (χ0) is 14.8. The molecule has 0 amide bonds. The van der Waals surface area contributed by atoms with Gasteiger partial charge < -0.3 is 5.11 Å². The maximum Gasteiger partial charge on any atom is 0.148 e.